The van der Waals surface area contributed by atoms with Crippen molar-refractivity contribution in [3.05, 3.63) is 29.8 Å². The molecule has 0 aliphatic rings. The van der Waals surface area contributed by atoms with E-state index in [1.165, 1.54) is 26.1 Å². The number of likely N-dealkylation sites (N-methyl/N-ethyl adjacent to an activating group) is 1. The van der Waals surface area contributed by atoms with Crippen molar-refractivity contribution in [1.29, 1.82) is 0 Å². The van der Waals surface area contributed by atoms with Gasteiger partial charge in [-0.25, -0.2) is 4.79 Å². The molecule has 11 nitrogen and oxygen atoms in total. The Balaban J connectivity index is 2.76. The van der Waals surface area contributed by atoms with Crippen molar-refractivity contribution in [3.63, 3.8) is 0 Å². The van der Waals surface area contributed by atoms with Gasteiger partial charge in [0, 0.05) is 25.4 Å². The number of benzene rings is 1. The minimum Gasteiger partial charge on any atom is -0.508 e. The number of phenols is 1. The van der Waals surface area contributed by atoms with Crippen LogP contribution in [0.15, 0.2) is 24.3 Å². The van der Waals surface area contributed by atoms with Gasteiger partial charge in [0.05, 0.1) is 0 Å². The van der Waals surface area contributed by atoms with Crippen LogP contribution in [-0.2, 0) is 25.6 Å². The molecule has 0 aliphatic carbocycles. The van der Waals surface area contributed by atoms with E-state index >= 15 is 0 Å². The highest BCUT2D eigenvalue weighted by Gasteiger charge is 2.35. The van der Waals surface area contributed by atoms with Crippen molar-refractivity contribution in [1.82, 2.24) is 15.5 Å². The van der Waals surface area contributed by atoms with Gasteiger partial charge in [0.25, 0.3) is 5.91 Å². The summed E-state index contributed by atoms with van der Waals surface area (Å²) in [5.74, 6) is -3.02. The van der Waals surface area contributed by atoms with Crippen molar-refractivity contribution in [2.45, 2.75) is 96.0 Å². The third kappa shape index (κ3) is 11.7. The maximum atomic E-state index is 13.2. The molecule has 0 saturated heterocycles. The first-order valence-corrected chi connectivity index (χ1v) is 14.2. The monoisotopic (exact) mass is 584 g/mol. The summed E-state index contributed by atoms with van der Waals surface area (Å²) in [6.45, 7) is 4.86. The van der Waals surface area contributed by atoms with Crippen LogP contribution < -0.4 is 16.4 Å². The molecule has 0 aliphatic heterocycles. The Morgan fingerprint density at radius 3 is 2.08 bits per heavy atom. The minimum absolute atomic E-state index is 0.0259. The number of carbonyl (C=O) groups excluding carboxylic acids is 3. The number of nitrogens with zero attached hydrogens (tertiary/aromatic N) is 1. The van der Waals surface area contributed by atoms with Gasteiger partial charge >= 0.3 is 5.97 Å². The van der Waals surface area contributed by atoms with Gasteiger partial charge in [-0.1, -0.05) is 51.7 Å². The molecule has 1 rings (SSSR count). The molecule has 226 valence electrons. The van der Waals surface area contributed by atoms with Crippen LogP contribution in [0.2, 0.25) is 0 Å². The Bertz CT molecular complexity index is 960. The summed E-state index contributed by atoms with van der Waals surface area (Å²) in [4.78, 5) is 51.9. The molecule has 0 radical (unpaired) electrons. The zero-order valence-electron chi connectivity index (χ0n) is 23.8. The smallest absolute Gasteiger partial charge is 0.326 e. The molecule has 5 unspecified atom stereocenters. The van der Waals surface area contributed by atoms with Crippen molar-refractivity contribution >= 4 is 35.3 Å². The summed E-state index contributed by atoms with van der Waals surface area (Å²) < 4.78 is 0. The number of nitrogens with two attached hydrogens (primary N) is 1. The van der Waals surface area contributed by atoms with Gasteiger partial charge in [-0.15, -0.1) is 11.6 Å². The molecule has 40 heavy (non-hydrogen) atoms. The van der Waals surface area contributed by atoms with Gasteiger partial charge in [-0.05, 0) is 43.4 Å². The lowest BCUT2D eigenvalue weighted by Crippen LogP contribution is -2.58. The molecule has 0 heterocycles. The zero-order valence-corrected chi connectivity index (χ0v) is 24.6. The molecule has 0 saturated carbocycles. The number of aliphatic hydroxyl groups excluding tert-OH is 1. The molecule has 5 atom stereocenters. The quantitative estimate of drug-likeness (QED) is 0.111. The van der Waals surface area contributed by atoms with E-state index in [-0.39, 0.29) is 18.1 Å². The van der Waals surface area contributed by atoms with E-state index in [9.17, 15) is 34.5 Å². The number of aromatic hydroxyl groups is 1. The number of aliphatic hydroxyl groups is 1. The van der Waals surface area contributed by atoms with E-state index in [1.54, 1.807) is 26.0 Å². The van der Waals surface area contributed by atoms with Gasteiger partial charge in [0.15, 0.2) is 0 Å². The topological polar surface area (TPSA) is 182 Å². The van der Waals surface area contributed by atoms with Crippen LogP contribution in [0.25, 0.3) is 0 Å². The number of carbonyl (C=O) groups is 4. The second-order valence-corrected chi connectivity index (χ2v) is 10.9. The predicted octanol–water partition coefficient (Wildman–Crippen LogP) is 1.76. The second kappa shape index (κ2) is 17.7. The number of alkyl halides is 1. The fraction of sp³-hybridized carbons (Fsp3) is 0.643. The molecular weight excluding hydrogens is 540 g/mol. The van der Waals surface area contributed by atoms with Gasteiger partial charge < -0.3 is 36.6 Å². The number of unbranched alkanes of at least 4 members (excludes halogenated alkanes) is 4. The number of halogens is 1. The van der Waals surface area contributed by atoms with Crippen LogP contribution in [0.5, 0.6) is 5.75 Å². The molecule has 7 N–H and O–H groups in total. The first-order chi connectivity index (χ1) is 18.8. The Labute approximate surface area is 241 Å². The van der Waals surface area contributed by atoms with Gasteiger partial charge in [-0.2, -0.15) is 0 Å². The van der Waals surface area contributed by atoms with Crippen LogP contribution in [0.4, 0.5) is 0 Å². The molecule has 1 aromatic rings. The number of hydrogen-bond acceptors (Lipinski definition) is 7. The molecular formula is C28H45ClN4O7. The van der Waals surface area contributed by atoms with E-state index in [0.29, 0.717) is 17.9 Å². The molecule has 1 aromatic carbocycles. The van der Waals surface area contributed by atoms with Crippen molar-refractivity contribution < 1.29 is 34.5 Å². The third-order valence-electron chi connectivity index (χ3n) is 6.73. The largest absolute Gasteiger partial charge is 0.508 e. The van der Waals surface area contributed by atoms with Crippen molar-refractivity contribution in [2.75, 3.05) is 12.9 Å². The Kier molecular flexibility index (Phi) is 15.6. The molecule has 3 amide bonds. The van der Waals surface area contributed by atoms with Crippen molar-refractivity contribution in [3.8, 4) is 5.75 Å². The van der Waals surface area contributed by atoms with Crippen LogP contribution in [0.1, 0.15) is 64.9 Å². The standard InChI is InChI=1S/C28H45ClN4O7/c1-17(2)23(25(36)32-22(28(39)40)16-19-11-13-20(34)14-12-19)33(4)27(38)18(3)31-26(37)24(35)21(30)10-8-6-5-7-9-15-29/h11-14,17-18,21-24,34-35H,5-10,15-16,30H2,1-4H3,(H,31,37)(H,32,36)(H,39,40). The van der Waals surface area contributed by atoms with Gasteiger partial charge in [0.1, 0.15) is 30.0 Å². The molecule has 0 spiro atoms. The molecule has 12 heteroatoms. The van der Waals surface area contributed by atoms with E-state index in [0.717, 1.165) is 37.0 Å². The normalized spacial score (nSPS) is 15.0. The highest BCUT2D eigenvalue weighted by molar-refractivity contribution is 6.17. The second-order valence-electron chi connectivity index (χ2n) is 10.5. The van der Waals surface area contributed by atoms with Crippen LogP contribution >= 0.6 is 11.6 Å². The van der Waals surface area contributed by atoms with Gasteiger partial charge in [-0.3, -0.25) is 14.4 Å². The number of amides is 3. The average Bonchev–Trinajstić information content (AvgIpc) is 2.89. The number of phenolic OH excluding ortho intramolecular Hbond substituents is 1. The first-order valence-electron chi connectivity index (χ1n) is 13.7. The lowest BCUT2D eigenvalue weighted by molar-refractivity contribution is -0.146. The fourth-order valence-electron chi connectivity index (χ4n) is 4.41. The number of carboxylic acids is 1. The SMILES string of the molecule is CC(NC(=O)C(O)C(N)CCCCCCCCl)C(=O)N(C)C(C(=O)NC(Cc1ccc(O)cc1)C(=O)O)C(C)C. The fourth-order valence-corrected chi connectivity index (χ4v) is 4.60. The van der Waals surface area contributed by atoms with Crippen LogP contribution in [-0.4, -0.2) is 87.1 Å². The number of hydrogen-bond donors (Lipinski definition) is 6. The molecule has 0 aromatic heterocycles. The van der Waals surface area contributed by atoms with E-state index in [2.05, 4.69) is 10.6 Å². The third-order valence-corrected chi connectivity index (χ3v) is 7.00. The van der Waals surface area contributed by atoms with Crippen LogP contribution in [0.3, 0.4) is 0 Å². The molecule has 0 fully saturated rings. The number of carboxylic acid groups (broad SMARTS) is 1. The van der Waals surface area contributed by atoms with E-state index < -0.39 is 54.0 Å². The maximum absolute atomic E-state index is 13.2. The average molecular weight is 585 g/mol. The number of aliphatic carboxylic acids is 1. The summed E-state index contributed by atoms with van der Waals surface area (Å²) in [7, 11) is 1.40. The summed E-state index contributed by atoms with van der Waals surface area (Å²) in [5, 5.41) is 34.4. The maximum Gasteiger partial charge on any atom is 0.326 e. The zero-order chi connectivity index (χ0) is 30.4. The minimum atomic E-state index is -1.50. The summed E-state index contributed by atoms with van der Waals surface area (Å²) >= 11 is 5.66. The summed E-state index contributed by atoms with van der Waals surface area (Å²) in [6.07, 6.45) is 3.54. The summed E-state index contributed by atoms with van der Waals surface area (Å²) in [6, 6.07) is 1.80. The lowest BCUT2D eigenvalue weighted by Gasteiger charge is -2.33. The van der Waals surface area contributed by atoms with Crippen LogP contribution in [0, 0.1) is 5.92 Å². The van der Waals surface area contributed by atoms with Gasteiger partial charge in [0.2, 0.25) is 11.8 Å². The Morgan fingerprint density at radius 1 is 0.950 bits per heavy atom. The lowest BCUT2D eigenvalue weighted by atomic mass is 9.99. The highest BCUT2D eigenvalue weighted by Crippen LogP contribution is 2.15. The molecule has 0 bridgehead atoms. The number of nitrogens with one attached hydrogen (secondary N) is 2. The predicted molar refractivity (Wildman–Crippen MR) is 153 cm³/mol. The van der Waals surface area contributed by atoms with Crippen molar-refractivity contribution in [2.24, 2.45) is 11.7 Å². The number of rotatable bonds is 18. The Hall–Kier alpha value is -2.89. The first kappa shape index (κ1) is 35.1. The van der Waals surface area contributed by atoms with E-state index in [1.807, 2.05) is 0 Å². The summed E-state index contributed by atoms with van der Waals surface area (Å²) in [5.41, 5.74) is 6.58. The highest BCUT2D eigenvalue weighted by atomic mass is 35.5. The Morgan fingerprint density at radius 2 is 1.52 bits per heavy atom. The van der Waals surface area contributed by atoms with E-state index in [4.69, 9.17) is 17.3 Å².